The number of ether oxygens (including phenoxy) is 2. The maximum Gasteiger partial charge on any atom is 0.251 e. The van der Waals surface area contributed by atoms with Crippen LogP contribution in [0, 0.1) is 0 Å². The molecular weight excluding hydrogens is 366 g/mol. The van der Waals surface area contributed by atoms with E-state index in [4.69, 9.17) is 21.1 Å². The summed E-state index contributed by atoms with van der Waals surface area (Å²) in [6, 6.07) is 3.35. The van der Waals surface area contributed by atoms with Crippen molar-refractivity contribution in [3.63, 3.8) is 0 Å². The predicted molar refractivity (Wildman–Crippen MR) is 109 cm³/mol. The Morgan fingerprint density at radius 2 is 1.93 bits per heavy atom. The number of benzene rings is 1. The molecule has 0 atom stereocenters. The van der Waals surface area contributed by atoms with Gasteiger partial charge in [0, 0.05) is 38.3 Å². The molecule has 1 aliphatic rings. The van der Waals surface area contributed by atoms with Gasteiger partial charge in [-0.05, 0) is 45.5 Å². The summed E-state index contributed by atoms with van der Waals surface area (Å²) in [5, 5.41) is 3.38. The molecule has 1 heterocycles. The molecule has 1 fully saturated rings. The number of hydrogen-bond donors (Lipinski definition) is 1. The highest BCUT2D eigenvalue weighted by Gasteiger charge is 2.17. The number of piperazine rings is 1. The van der Waals surface area contributed by atoms with Gasteiger partial charge >= 0.3 is 0 Å². The molecule has 6 nitrogen and oxygen atoms in total. The Kier molecular flexibility index (Phi) is 9.18. The first kappa shape index (κ1) is 21.8. The Hall–Kier alpha value is -1.50. The third-order valence-electron chi connectivity index (χ3n) is 4.55. The van der Waals surface area contributed by atoms with Crippen LogP contribution in [0.5, 0.6) is 11.5 Å². The molecule has 1 aliphatic heterocycles. The third kappa shape index (κ3) is 6.87. The molecule has 27 heavy (non-hydrogen) atoms. The van der Waals surface area contributed by atoms with Crippen LogP contribution in [0.25, 0.3) is 0 Å². The molecule has 0 spiro atoms. The van der Waals surface area contributed by atoms with E-state index in [9.17, 15) is 4.79 Å². The average molecular weight is 398 g/mol. The first-order valence-electron chi connectivity index (χ1n) is 9.83. The van der Waals surface area contributed by atoms with Crippen molar-refractivity contribution in [2.45, 2.75) is 26.7 Å². The Labute approximate surface area is 167 Å². The summed E-state index contributed by atoms with van der Waals surface area (Å²) in [4.78, 5) is 17.3. The fourth-order valence-electron chi connectivity index (χ4n) is 2.98. The fourth-order valence-corrected chi connectivity index (χ4v) is 3.25. The summed E-state index contributed by atoms with van der Waals surface area (Å²) < 4.78 is 11.3. The third-order valence-corrected chi connectivity index (χ3v) is 4.84. The number of nitrogens with one attached hydrogen (secondary N) is 1. The van der Waals surface area contributed by atoms with Crippen molar-refractivity contribution in [3.8, 4) is 11.5 Å². The quantitative estimate of drug-likeness (QED) is 0.615. The monoisotopic (exact) mass is 397 g/mol. The smallest absolute Gasteiger partial charge is 0.251 e. The lowest BCUT2D eigenvalue weighted by Gasteiger charge is -2.32. The van der Waals surface area contributed by atoms with Gasteiger partial charge in [-0.2, -0.15) is 0 Å². The van der Waals surface area contributed by atoms with Crippen LogP contribution in [0.4, 0.5) is 0 Å². The topological polar surface area (TPSA) is 54.0 Å². The summed E-state index contributed by atoms with van der Waals surface area (Å²) in [5.41, 5.74) is 0.492. The SMILES string of the molecule is CCCOc1c(Cl)cc(C(=O)NCCCN2CCN(C)CC2)cc1OCC. The maximum absolute atomic E-state index is 12.5. The van der Waals surface area contributed by atoms with Gasteiger partial charge in [0.05, 0.1) is 18.2 Å². The highest BCUT2D eigenvalue weighted by molar-refractivity contribution is 6.32. The standard InChI is InChI=1S/C20H32ClN3O3/c1-4-13-27-19-17(21)14-16(15-18(19)26-5-2)20(25)22-7-6-8-24-11-9-23(3)10-12-24/h14-15H,4-13H2,1-3H3,(H,22,25). The Morgan fingerprint density at radius 3 is 2.59 bits per heavy atom. The summed E-state index contributed by atoms with van der Waals surface area (Å²) in [6.45, 7) is 11.0. The normalized spacial score (nSPS) is 15.6. The van der Waals surface area contributed by atoms with Crippen molar-refractivity contribution in [1.82, 2.24) is 15.1 Å². The van der Waals surface area contributed by atoms with E-state index in [1.807, 2.05) is 13.8 Å². The van der Waals surface area contributed by atoms with Crippen LogP contribution in [0.2, 0.25) is 5.02 Å². The van der Waals surface area contributed by atoms with Crippen LogP contribution < -0.4 is 14.8 Å². The van der Waals surface area contributed by atoms with Crippen LogP contribution in [0.1, 0.15) is 37.0 Å². The van der Waals surface area contributed by atoms with E-state index < -0.39 is 0 Å². The van der Waals surface area contributed by atoms with E-state index in [-0.39, 0.29) is 5.91 Å². The van der Waals surface area contributed by atoms with Gasteiger partial charge in [-0.1, -0.05) is 18.5 Å². The number of carbonyl (C=O) groups is 1. The average Bonchev–Trinajstić information content (AvgIpc) is 2.66. The van der Waals surface area contributed by atoms with Crippen LogP contribution in [0.15, 0.2) is 12.1 Å². The molecule has 1 N–H and O–H groups in total. The Morgan fingerprint density at radius 1 is 1.19 bits per heavy atom. The highest BCUT2D eigenvalue weighted by Crippen LogP contribution is 2.36. The second-order valence-electron chi connectivity index (χ2n) is 6.82. The zero-order valence-corrected chi connectivity index (χ0v) is 17.5. The number of likely N-dealkylation sites (N-methyl/N-ethyl adjacent to an activating group) is 1. The maximum atomic E-state index is 12.5. The van der Waals surface area contributed by atoms with Gasteiger partial charge in [-0.25, -0.2) is 0 Å². The predicted octanol–water partition coefficient (Wildman–Crippen LogP) is 2.89. The summed E-state index contributed by atoms with van der Waals surface area (Å²) in [5.74, 6) is 0.881. The Balaban J connectivity index is 1.87. The zero-order valence-electron chi connectivity index (χ0n) is 16.7. The van der Waals surface area contributed by atoms with Crippen molar-refractivity contribution in [2.75, 3.05) is 59.5 Å². The van der Waals surface area contributed by atoms with E-state index in [1.54, 1.807) is 12.1 Å². The molecule has 0 saturated carbocycles. The molecule has 1 saturated heterocycles. The van der Waals surface area contributed by atoms with Gasteiger partial charge in [0.1, 0.15) is 0 Å². The lowest BCUT2D eigenvalue weighted by atomic mass is 10.2. The first-order valence-corrected chi connectivity index (χ1v) is 10.2. The van der Waals surface area contributed by atoms with Gasteiger partial charge in [-0.15, -0.1) is 0 Å². The zero-order chi connectivity index (χ0) is 19.6. The van der Waals surface area contributed by atoms with Crippen molar-refractivity contribution < 1.29 is 14.3 Å². The molecule has 1 aromatic carbocycles. The molecule has 2 rings (SSSR count). The highest BCUT2D eigenvalue weighted by atomic mass is 35.5. The minimum absolute atomic E-state index is 0.140. The van der Waals surface area contributed by atoms with E-state index in [0.29, 0.717) is 41.8 Å². The molecule has 0 bridgehead atoms. The van der Waals surface area contributed by atoms with Gasteiger partial charge in [-0.3, -0.25) is 4.79 Å². The molecule has 0 radical (unpaired) electrons. The van der Waals surface area contributed by atoms with Crippen LogP contribution >= 0.6 is 11.6 Å². The minimum atomic E-state index is -0.140. The van der Waals surface area contributed by atoms with Gasteiger partial charge < -0.3 is 24.6 Å². The van der Waals surface area contributed by atoms with Crippen molar-refractivity contribution in [1.29, 1.82) is 0 Å². The van der Waals surface area contributed by atoms with Crippen molar-refractivity contribution in [3.05, 3.63) is 22.7 Å². The van der Waals surface area contributed by atoms with Crippen LogP contribution in [0.3, 0.4) is 0 Å². The van der Waals surface area contributed by atoms with Crippen molar-refractivity contribution in [2.24, 2.45) is 0 Å². The molecule has 7 heteroatoms. The molecule has 0 aliphatic carbocycles. The number of halogens is 1. The lowest BCUT2D eigenvalue weighted by molar-refractivity contribution is 0.0949. The molecule has 0 unspecified atom stereocenters. The summed E-state index contributed by atoms with van der Waals surface area (Å²) >= 11 is 6.33. The van der Waals surface area contributed by atoms with Gasteiger partial charge in [0.25, 0.3) is 5.91 Å². The van der Waals surface area contributed by atoms with Crippen molar-refractivity contribution >= 4 is 17.5 Å². The molecule has 0 aromatic heterocycles. The second-order valence-corrected chi connectivity index (χ2v) is 7.23. The summed E-state index contributed by atoms with van der Waals surface area (Å²) in [6.07, 6.45) is 1.80. The second kappa shape index (κ2) is 11.4. The van der Waals surface area contributed by atoms with E-state index in [2.05, 4.69) is 22.2 Å². The van der Waals surface area contributed by atoms with Crippen LogP contribution in [-0.4, -0.2) is 75.2 Å². The van der Waals surface area contributed by atoms with E-state index in [0.717, 1.165) is 45.6 Å². The first-order chi connectivity index (χ1) is 13.0. The summed E-state index contributed by atoms with van der Waals surface area (Å²) in [7, 11) is 2.15. The van der Waals surface area contributed by atoms with E-state index >= 15 is 0 Å². The number of nitrogens with zero attached hydrogens (tertiary/aromatic N) is 2. The largest absolute Gasteiger partial charge is 0.490 e. The molecule has 152 valence electrons. The Bertz CT molecular complexity index is 604. The molecule has 1 aromatic rings. The fraction of sp³-hybridized carbons (Fsp3) is 0.650. The number of amides is 1. The van der Waals surface area contributed by atoms with Gasteiger partial charge in [0.15, 0.2) is 11.5 Å². The van der Waals surface area contributed by atoms with Gasteiger partial charge in [0.2, 0.25) is 0 Å². The minimum Gasteiger partial charge on any atom is -0.490 e. The number of hydrogen-bond acceptors (Lipinski definition) is 5. The van der Waals surface area contributed by atoms with E-state index in [1.165, 1.54) is 0 Å². The molecule has 1 amide bonds. The number of carbonyl (C=O) groups excluding carboxylic acids is 1. The number of rotatable bonds is 10. The van der Waals surface area contributed by atoms with Crippen LogP contribution in [-0.2, 0) is 0 Å². The molecular formula is C20H32ClN3O3. The lowest BCUT2D eigenvalue weighted by Crippen LogP contribution is -2.45.